The predicted molar refractivity (Wildman–Crippen MR) is 53.0 cm³/mol. The van der Waals surface area contributed by atoms with E-state index in [4.69, 9.17) is 4.74 Å². The van der Waals surface area contributed by atoms with Crippen molar-refractivity contribution in [2.24, 2.45) is 5.92 Å². The van der Waals surface area contributed by atoms with Crippen LogP contribution in [-0.4, -0.2) is 34.6 Å². The summed E-state index contributed by atoms with van der Waals surface area (Å²) < 4.78 is 5.37. The maximum Gasteiger partial charge on any atom is 0.273 e. The van der Waals surface area contributed by atoms with E-state index in [1.165, 1.54) is 0 Å². The molecule has 3 rings (SSSR count). The fourth-order valence-electron chi connectivity index (χ4n) is 3.06. The second-order valence-corrected chi connectivity index (χ2v) is 4.57. The Kier molecular flexibility index (Phi) is 1.90. The monoisotopic (exact) mass is 209 g/mol. The molecular formula is C11H15NO3. The molecule has 0 spiro atoms. The first-order valence-electron chi connectivity index (χ1n) is 5.62. The van der Waals surface area contributed by atoms with Crippen LogP contribution in [0.25, 0.3) is 0 Å². The standard InChI is InChI=1S/C11H15NO3/c13-10-4-3-8-7-6-11(14)15-9(7)2-1-5-12(8)10/h6-9,14H,1-5H2/t7?,8?,9-/m1/s1. The van der Waals surface area contributed by atoms with E-state index >= 15 is 0 Å². The number of fused-ring (bicyclic) bond motifs is 3. The third-order valence-electron chi connectivity index (χ3n) is 3.74. The molecule has 2 fully saturated rings. The molecule has 0 aliphatic carbocycles. The summed E-state index contributed by atoms with van der Waals surface area (Å²) in [4.78, 5) is 13.6. The van der Waals surface area contributed by atoms with Crippen molar-refractivity contribution in [1.82, 2.24) is 4.90 Å². The van der Waals surface area contributed by atoms with Gasteiger partial charge in [-0.25, -0.2) is 0 Å². The van der Waals surface area contributed by atoms with Crippen LogP contribution >= 0.6 is 0 Å². The van der Waals surface area contributed by atoms with Gasteiger partial charge in [0.2, 0.25) is 5.91 Å². The first-order chi connectivity index (χ1) is 7.25. The van der Waals surface area contributed by atoms with Gasteiger partial charge in [-0.1, -0.05) is 0 Å². The lowest BCUT2D eigenvalue weighted by atomic mass is 9.92. The SMILES string of the molecule is O=C1CCC2C3C=C(O)O[C@@H]3CCCN12. The van der Waals surface area contributed by atoms with Gasteiger partial charge in [-0.05, 0) is 19.3 Å². The number of carbonyl (C=O) groups is 1. The number of hydrogen-bond acceptors (Lipinski definition) is 3. The summed E-state index contributed by atoms with van der Waals surface area (Å²) in [6, 6.07) is 0.259. The molecule has 3 atom stereocenters. The molecule has 1 amide bonds. The highest BCUT2D eigenvalue weighted by atomic mass is 16.6. The molecule has 3 aliphatic rings. The Labute approximate surface area is 88.5 Å². The molecule has 3 heterocycles. The normalized spacial score (nSPS) is 39.2. The summed E-state index contributed by atoms with van der Waals surface area (Å²) in [6.45, 7) is 0.856. The fourth-order valence-corrected chi connectivity index (χ4v) is 3.06. The Hall–Kier alpha value is -1.19. The van der Waals surface area contributed by atoms with Crippen molar-refractivity contribution in [1.29, 1.82) is 0 Å². The lowest BCUT2D eigenvalue weighted by molar-refractivity contribution is -0.129. The fraction of sp³-hybridized carbons (Fsp3) is 0.727. The van der Waals surface area contributed by atoms with Gasteiger partial charge in [0, 0.05) is 31.0 Å². The van der Waals surface area contributed by atoms with Crippen molar-refractivity contribution in [3.63, 3.8) is 0 Å². The highest BCUT2D eigenvalue weighted by molar-refractivity contribution is 5.79. The van der Waals surface area contributed by atoms with E-state index in [9.17, 15) is 9.90 Å². The maximum absolute atomic E-state index is 11.6. The summed E-state index contributed by atoms with van der Waals surface area (Å²) >= 11 is 0. The van der Waals surface area contributed by atoms with Crippen molar-refractivity contribution in [2.75, 3.05) is 6.54 Å². The van der Waals surface area contributed by atoms with Gasteiger partial charge in [0.15, 0.2) is 0 Å². The molecule has 0 aromatic rings. The Morgan fingerprint density at radius 3 is 3.20 bits per heavy atom. The van der Waals surface area contributed by atoms with Crippen LogP contribution < -0.4 is 0 Å². The molecule has 15 heavy (non-hydrogen) atoms. The number of aliphatic hydroxyl groups excluding tert-OH is 1. The smallest absolute Gasteiger partial charge is 0.273 e. The average molecular weight is 209 g/mol. The topological polar surface area (TPSA) is 49.8 Å². The molecule has 4 nitrogen and oxygen atoms in total. The Balaban J connectivity index is 1.89. The minimum absolute atomic E-state index is 0.0474. The summed E-state index contributed by atoms with van der Waals surface area (Å²) in [7, 11) is 0. The van der Waals surface area contributed by atoms with E-state index < -0.39 is 0 Å². The molecule has 1 N–H and O–H groups in total. The third-order valence-corrected chi connectivity index (χ3v) is 3.74. The van der Waals surface area contributed by atoms with Crippen LogP contribution in [0.2, 0.25) is 0 Å². The largest absolute Gasteiger partial charge is 0.481 e. The van der Waals surface area contributed by atoms with Gasteiger partial charge in [0.25, 0.3) is 5.95 Å². The number of carbonyl (C=O) groups excluding carboxylic acids is 1. The second kappa shape index (κ2) is 3.15. The first kappa shape index (κ1) is 9.07. The van der Waals surface area contributed by atoms with E-state index in [0.717, 1.165) is 25.8 Å². The highest BCUT2D eigenvalue weighted by Crippen LogP contribution is 2.38. The molecule has 82 valence electrons. The third kappa shape index (κ3) is 1.31. The average Bonchev–Trinajstić information content (AvgIpc) is 2.68. The number of ether oxygens (including phenoxy) is 1. The van der Waals surface area contributed by atoms with E-state index in [0.29, 0.717) is 6.42 Å². The van der Waals surface area contributed by atoms with E-state index in [1.807, 2.05) is 4.90 Å². The summed E-state index contributed by atoms with van der Waals surface area (Å²) in [6.07, 6.45) is 5.35. The van der Waals surface area contributed by atoms with Crippen molar-refractivity contribution in [2.45, 2.75) is 37.8 Å². The van der Waals surface area contributed by atoms with Crippen LogP contribution in [0, 0.1) is 5.92 Å². The second-order valence-electron chi connectivity index (χ2n) is 4.57. The van der Waals surface area contributed by atoms with Gasteiger partial charge < -0.3 is 14.7 Å². The first-order valence-corrected chi connectivity index (χ1v) is 5.62. The number of aliphatic hydroxyl groups is 1. The number of rotatable bonds is 0. The molecule has 2 saturated heterocycles. The zero-order valence-electron chi connectivity index (χ0n) is 8.56. The molecule has 4 heteroatoms. The van der Waals surface area contributed by atoms with E-state index in [2.05, 4.69) is 0 Å². The molecule has 0 radical (unpaired) electrons. The Morgan fingerprint density at radius 1 is 1.47 bits per heavy atom. The Morgan fingerprint density at radius 2 is 2.33 bits per heavy atom. The molecule has 0 aromatic carbocycles. The number of nitrogens with zero attached hydrogens (tertiary/aromatic N) is 1. The maximum atomic E-state index is 11.6. The van der Waals surface area contributed by atoms with Crippen molar-refractivity contribution in [3.8, 4) is 0 Å². The summed E-state index contributed by atoms with van der Waals surface area (Å²) in [5.74, 6) is 0.519. The van der Waals surface area contributed by atoms with Crippen molar-refractivity contribution >= 4 is 5.91 Å². The van der Waals surface area contributed by atoms with Crippen LogP contribution in [0.15, 0.2) is 12.0 Å². The van der Waals surface area contributed by atoms with E-state index in [1.54, 1.807) is 6.08 Å². The molecule has 3 aliphatic heterocycles. The van der Waals surface area contributed by atoms with Crippen molar-refractivity contribution in [3.05, 3.63) is 12.0 Å². The van der Waals surface area contributed by atoms with Gasteiger partial charge >= 0.3 is 0 Å². The van der Waals surface area contributed by atoms with E-state index in [-0.39, 0.29) is 29.9 Å². The lowest BCUT2D eigenvalue weighted by Crippen LogP contribution is -2.38. The van der Waals surface area contributed by atoms with Crippen molar-refractivity contribution < 1.29 is 14.6 Å². The van der Waals surface area contributed by atoms with Gasteiger partial charge in [-0.3, -0.25) is 4.79 Å². The number of amides is 1. The molecule has 0 aromatic heterocycles. The zero-order valence-corrected chi connectivity index (χ0v) is 8.56. The highest BCUT2D eigenvalue weighted by Gasteiger charge is 2.44. The molecule has 0 saturated carbocycles. The molecular weight excluding hydrogens is 194 g/mol. The van der Waals surface area contributed by atoms with Crippen LogP contribution in [0.1, 0.15) is 25.7 Å². The van der Waals surface area contributed by atoms with Gasteiger partial charge in [-0.15, -0.1) is 0 Å². The summed E-state index contributed by atoms with van der Waals surface area (Å²) in [5, 5.41) is 9.37. The van der Waals surface area contributed by atoms with Crippen LogP contribution in [0.4, 0.5) is 0 Å². The zero-order chi connectivity index (χ0) is 10.4. The number of hydrogen-bond donors (Lipinski definition) is 1. The summed E-state index contributed by atoms with van der Waals surface area (Å²) in [5.41, 5.74) is 0. The van der Waals surface area contributed by atoms with Crippen LogP contribution in [0.3, 0.4) is 0 Å². The van der Waals surface area contributed by atoms with Crippen LogP contribution in [-0.2, 0) is 9.53 Å². The molecule has 0 bridgehead atoms. The lowest BCUT2D eigenvalue weighted by Gasteiger charge is -2.26. The van der Waals surface area contributed by atoms with Gasteiger partial charge in [0.05, 0.1) is 0 Å². The minimum atomic E-state index is 0.0474. The predicted octanol–water partition coefficient (Wildman–Crippen LogP) is 1.19. The van der Waals surface area contributed by atoms with Crippen LogP contribution in [0.5, 0.6) is 0 Å². The molecule has 2 unspecified atom stereocenters. The minimum Gasteiger partial charge on any atom is -0.481 e. The van der Waals surface area contributed by atoms with Gasteiger partial charge in [-0.2, -0.15) is 0 Å². The Bertz CT molecular complexity index is 326. The van der Waals surface area contributed by atoms with Gasteiger partial charge in [0.1, 0.15) is 6.10 Å². The quantitative estimate of drug-likeness (QED) is 0.652.